The van der Waals surface area contributed by atoms with Crippen molar-refractivity contribution in [2.45, 2.75) is 6.54 Å². The molecule has 0 N–H and O–H groups in total. The summed E-state index contributed by atoms with van der Waals surface area (Å²) in [5, 5.41) is 0. The van der Waals surface area contributed by atoms with E-state index in [0.29, 0.717) is 0 Å². The third kappa shape index (κ3) is 3.33. The van der Waals surface area contributed by atoms with Crippen molar-refractivity contribution in [2.75, 3.05) is 26.3 Å². The Labute approximate surface area is 165 Å². The summed E-state index contributed by atoms with van der Waals surface area (Å²) in [6.45, 7) is 4.38. The van der Waals surface area contributed by atoms with Crippen LogP contribution in [0.3, 0.4) is 0 Å². The Kier molecular flexibility index (Phi) is 4.65. The van der Waals surface area contributed by atoms with Crippen LogP contribution in [-0.4, -0.2) is 40.6 Å². The molecule has 4 nitrogen and oxygen atoms in total. The SMILES string of the molecule is c1ccc(-c2ccc3nc(-c4ccccc4)c(CN4CCOCC4)n3c2)cc1. The average Bonchev–Trinajstić information content (AvgIpc) is 3.13. The summed E-state index contributed by atoms with van der Waals surface area (Å²) >= 11 is 0. The smallest absolute Gasteiger partial charge is 0.137 e. The molecule has 1 saturated heterocycles. The summed E-state index contributed by atoms with van der Waals surface area (Å²) < 4.78 is 7.80. The van der Waals surface area contributed by atoms with Gasteiger partial charge in [0, 0.05) is 31.4 Å². The summed E-state index contributed by atoms with van der Waals surface area (Å²) in [5.74, 6) is 0. The number of fused-ring (bicyclic) bond motifs is 1. The second kappa shape index (κ2) is 7.58. The molecule has 1 aliphatic rings. The van der Waals surface area contributed by atoms with Crippen LogP contribution in [0.2, 0.25) is 0 Å². The van der Waals surface area contributed by atoms with Crippen LogP contribution in [0.5, 0.6) is 0 Å². The molecule has 0 radical (unpaired) electrons. The van der Waals surface area contributed by atoms with E-state index in [0.717, 1.165) is 49.8 Å². The molecule has 28 heavy (non-hydrogen) atoms. The predicted molar refractivity (Wildman–Crippen MR) is 112 cm³/mol. The lowest BCUT2D eigenvalue weighted by molar-refractivity contribution is 0.0336. The van der Waals surface area contributed by atoms with Gasteiger partial charge in [-0.05, 0) is 23.3 Å². The van der Waals surface area contributed by atoms with E-state index < -0.39 is 0 Å². The molecule has 0 amide bonds. The molecular formula is C24H23N3O. The minimum atomic E-state index is 0.798. The average molecular weight is 369 g/mol. The topological polar surface area (TPSA) is 29.8 Å². The molecule has 1 aliphatic heterocycles. The van der Waals surface area contributed by atoms with Crippen LogP contribution in [0.15, 0.2) is 79.0 Å². The van der Waals surface area contributed by atoms with E-state index >= 15 is 0 Å². The molecule has 4 heteroatoms. The van der Waals surface area contributed by atoms with Crippen molar-refractivity contribution in [2.24, 2.45) is 0 Å². The monoisotopic (exact) mass is 369 g/mol. The lowest BCUT2D eigenvalue weighted by atomic mass is 10.1. The molecule has 0 aliphatic carbocycles. The Hall–Kier alpha value is -2.95. The van der Waals surface area contributed by atoms with E-state index in [1.165, 1.54) is 16.8 Å². The van der Waals surface area contributed by atoms with Crippen molar-refractivity contribution < 1.29 is 4.74 Å². The zero-order valence-electron chi connectivity index (χ0n) is 15.8. The highest BCUT2D eigenvalue weighted by Gasteiger charge is 2.19. The van der Waals surface area contributed by atoms with E-state index in [4.69, 9.17) is 9.72 Å². The first kappa shape index (κ1) is 17.2. The highest BCUT2D eigenvalue weighted by molar-refractivity contribution is 5.70. The molecule has 0 saturated carbocycles. The summed E-state index contributed by atoms with van der Waals surface area (Å²) in [7, 11) is 0. The molecule has 0 spiro atoms. The summed E-state index contributed by atoms with van der Waals surface area (Å²) in [6, 6.07) is 25.3. The fraction of sp³-hybridized carbons (Fsp3) is 0.208. The van der Waals surface area contributed by atoms with Gasteiger partial charge in [0.05, 0.1) is 24.6 Å². The summed E-state index contributed by atoms with van der Waals surface area (Å²) in [4.78, 5) is 7.44. The molecule has 5 rings (SSSR count). The minimum Gasteiger partial charge on any atom is -0.379 e. The second-order valence-electron chi connectivity index (χ2n) is 7.17. The second-order valence-corrected chi connectivity index (χ2v) is 7.17. The van der Waals surface area contributed by atoms with Gasteiger partial charge >= 0.3 is 0 Å². The van der Waals surface area contributed by atoms with Crippen molar-refractivity contribution in [3.63, 3.8) is 0 Å². The number of morpholine rings is 1. The van der Waals surface area contributed by atoms with Crippen LogP contribution in [0.25, 0.3) is 28.0 Å². The first-order valence-corrected chi connectivity index (χ1v) is 9.80. The van der Waals surface area contributed by atoms with Crippen molar-refractivity contribution >= 4 is 5.65 Å². The van der Waals surface area contributed by atoms with Crippen molar-refractivity contribution in [1.29, 1.82) is 0 Å². The van der Waals surface area contributed by atoms with Crippen molar-refractivity contribution in [3.05, 3.63) is 84.7 Å². The van der Waals surface area contributed by atoms with Gasteiger partial charge in [0.25, 0.3) is 0 Å². The highest BCUT2D eigenvalue weighted by Crippen LogP contribution is 2.28. The number of rotatable bonds is 4. The molecule has 140 valence electrons. The maximum atomic E-state index is 5.53. The number of ether oxygens (including phenoxy) is 1. The standard InChI is InChI=1S/C24H23N3O/c1-3-7-19(8-4-1)21-11-12-23-25-24(20-9-5-2-6-10-20)22(27(23)17-21)18-26-13-15-28-16-14-26/h1-12,17H,13-16,18H2. The molecule has 2 aromatic heterocycles. The number of aromatic nitrogens is 2. The van der Waals surface area contributed by atoms with E-state index in [-0.39, 0.29) is 0 Å². The predicted octanol–water partition coefficient (Wildman–Crippen LogP) is 4.50. The Balaban J connectivity index is 1.64. The fourth-order valence-corrected chi connectivity index (χ4v) is 3.84. The van der Waals surface area contributed by atoms with Gasteiger partial charge in [0.15, 0.2) is 0 Å². The maximum Gasteiger partial charge on any atom is 0.137 e. The number of pyridine rings is 1. The Bertz CT molecular complexity index is 1070. The summed E-state index contributed by atoms with van der Waals surface area (Å²) in [6.07, 6.45) is 2.22. The van der Waals surface area contributed by atoms with Crippen LogP contribution in [0.1, 0.15) is 5.69 Å². The number of benzene rings is 2. The van der Waals surface area contributed by atoms with Gasteiger partial charge < -0.3 is 9.14 Å². The number of hydrogen-bond acceptors (Lipinski definition) is 3. The van der Waals surface area contributed by atoms with Gasteiger partial charge in [-0.2, -0.15) is 0 Å². The van der Waals surface area contributed by atoms with Crippen LogP contribution in [-0.2, 0) is 11.3 Å². The normalized spacial score (nSPS) is 15.1. The lowest BCUT2D eigenvalue weighted by Gasteiger charge is -2.26. The summed E-state index contributed by atoms with van der Waals surface area (Å²) in [5.41, 5.74) is 6.88. The van der Waals surface area contributed by atoms with Crippen LogP contribution < -0.4 is 0 Å². The van der Waals surface area contributed by atoms with Gasteiger partial charge in [0.1, 0.15) is 5.65 Å². The molecule has 2 aromatic carbocycles. The van der Waals surface area contributed by atoms with E-state index in [1.807, 2.05) is 0 Å². The quantitative estimate of drug-likeness (QED) is 0.530. The first-order valence-electron chi connectivity index (χ1n) is 9.80. The third-order valence-electron chi connectivity index (χ3n) is 5.35. The zero-order chi connectivity index (χ0) is 18.8. The first-order chi connectivity index (χ1) is 13.9. The molecular weight excluding hydrogens is 346 g/mol. The Morgan fingerprint density at radius 2 is 1.43 bits per heavy atom. The minimum absolute atomic E-state index is 0.798. The molecule has 3 heterocycles. The zero-order valence-corrected chi connectivity index (χ0v) is 15.8. The van der Waals surface area contributed by atoms with Crippen molar-refractivity contribution in [3.8, 4) is 22.4 Å². The van der Waals surface area contributed by atoms with E-state index in [9.17, 15) is 0 Å². The van der Waals surface area contributed by atoms with Crippen molar-refractivity contribution in [1.82, 2.24) is 14.3 Å². The van der Waals surface area contributed by atoms with Crippen LogP contribution in [0, 0.1) is 0 Å². The molecule has 0 unspecified atom stereocenters. The van der Waals surface area contributed by atoms with Gasteiger partial charge in [-0.3, -0.25) is 4.90 Å². The third-order valence-corrected chi connectivity index (χ3v) is 5.35. The molecule has 0 atom stereocenters. The van der Waals surface area contributed by atoms with Crippen LogP contribution in [0.4, 0.5) is 0 Å². The Morgan fingerprint density at radius 3 is 2.14 bits per heavy atom. The van der Waals surface area contributed by atoms with Gasteiger partial charge in [0.2, 0.25) is 0 Å². The molecule has 0 bridgehead atoms. The number of imidazole rings is 1. The van der Waals surface area contributed by atoms with Gasteiger partial charge in [-0.1, -0.05) is 60.7 Å². The van der Waals surface area contributed by atoms with Gasteiger partial charge in [-0.15, -0.1) is 0 Å². The maximum absolute atomic E-state index is 5.53. The van der Waals surface area contributed by atoms with Gasteiger partial charge in [-0.25, -0.2) is 4.98 Å². The number of nitrogens with zero attached hydrogens (tertiary/aromatic N) is 3. The Morgan fingerprint density at radius 1 is 0.750 bits per heavy atom. The number of hydrogen-bond donors (Lipinski definition) is 0. The highest BCUT2D eigenvalue weighted by atomic mass is 16.5. The molecule has 1 fully saturated rings. The molecule has 4 aromatic rings. The largest absolute Gasteiger partial charge is 0.379 e. The van der Waals surface area contributed by atoms with E-state index in [2.05, 4.69) is 88.3 Å². The van der Waals surface area contributed by atoms with Crippen LogP contribution >= 0.6 is 0 Å². The van der Waals surface area contributed by atoms with E-state index in [1.54, 1.807) is 0 Å². The fourth-order valence-electron chi connectivity index (χ4n) is 3.84. The lowest BCUT2D eigenvalue weighted by Crippen LogP contribution is -2.36.